The molecule has 0 bridgehead atoms. The van der Waals surface area contributed by atoms with Gasteiger partial charge in [-0.15, -0.1) is 0 Å². The van der Waals surface area contributed by atoms with Crippen LogP contribution in [0.2, 0.25) is 0 Å². The van der Waals surface area contributed by atoms with E-state index in [-0.39, 0.29) is 5.54 Å². The van der Waals surface area contributed by atoms with Crippen molar-refractivity contribution in [3.05, 3.63) is 77.9 Å². The number of anilines is 1. The number of hydrogen-bond donors (Lipinski definition) is 0. The number of hydrogen-bond acceptors (Lipinski definition) is 4. The van der Waals surface area contributed by atoms with E-state index in [2.05, 4.69) is 49.8 Å². The summed E-state index contributed by atoms with van der Waals surface area (Å²) in [5, 5.41) is 0. The maximum Gasteiger partial charge on any atom is 0.129 e. The van der Waals surface area contributed by atoms with Crippen LogP contribution < -0.4 is 14.4 Å². The molecular weight excluding hydrogens is 384 g/mol. The second-order valence-electron chi connectivity index (χ2n) is 8.80. The van der Waals surface area contributed by atoms with Gasteiger partial charge >= 0.3 is 0 Å². The Bertz CT molecular complexity index is 1070. The second-order valence-corrected chi connectivity index (χ2v) is 8.80. The van der Waals surface area contributed by atoms with E-state index in [0.29, 0.717) is 5.92 Å². The second kappa shape index (κ2) is 8.46. The maximum atomic E-state index is 5.86. The van der Waals surface area contributed by atoms with Crippen LogP contribution in [0.25, 0.3) is 0 Å². The van der Waals surface area contributed by atoms with Crippen LogP contribution in [0.5, 0.6) is 17.2 Å². The Labute approximate surface area is 185 Å². The molecule has 1 unspecified atom stereocenters. The summed E-state index contributed by atoms with van der Waals surface area (Å²) in [4.78, 5) is 7.04. The van der Waals surface area contributed by atoms with Gasteiger partial charge in [-0.05, 0) is 74.2 Å². The van der Waals surface area contributed by atoms with Gasteiger partial charge < -0.3 is 14.4 Å². The quantitative estimate of drug-likeness (QED) is 0.423. The van der Waals surface area contributed by atoms with Crippen LogP contribution in [0.1, 0.15) is 44.2 Å². The van der Waals surface area contributed by atoms with Gasteiger partial charge in [0.2, 0.25) is 0 Å². The van der Waals surface area contributed by atoms with Crippen LogP contribution in [-0.4, -0.2) is 25.9 Å². The smallest absolute Gasteiger partial charge is 0.129 e. The molecule has 0 N–H and O–H groups in total. The van der Waals surface area contributed by atoms with Crippen molar-refractivity contribution in [3.63, 3.8) is 0 Å². The predicted molar refractivity (Wildman–Crippen MR) is 129 cm³/mol. The lowest BCUT2D eigenvalue weighted by Gasteiger charge is -2.45. The lowest BCUT2D eigenvalue weighted by atomic mass is 9.80. The van der Waals surface area contributed by atoms with Gasteiger partial charge in [0.1, 0.15) is 17.2 Å². The van der Waals surface area contributed by atoms with Crippen molar-refractivity contribution in [1.29, 1.82) is 0 Å². The summed E-state index contributed by atoms with van der Waals surface area (Å²) in [6.45, 7) is 6.88. The first-order valence-corrected chi connectivity index (χ1v) is 10.7. The minimum atomic E-state index is 0.122. The fraction of sp³-hybridized carbons (Fsp3) is 0.296. The number of ether oxygens (including phenoxy) is 2. The van der Waals surface area contributed by atoms with Crippen molar-refractivity contribution in [3.8, 4) is 17.2 Å². The third kappa shape index (κ3) is 4.43. The number of benzene rings is 3. The molecular formula is C27H30N2O2. The molecule has 0 aromatic heterocycles. The van der Waals surface area contributed by atoms with Gasteiger partial charge in [-0.3, -0.25) is 4.99 Å². The average Bonchev–Trinajstić information content (AvgIpc) is 2.77. The van der Waals surface area contributed by atoms with Crippen molar-refractivity contribution in [2.24, 2.45) is 4.99 Å². The van der Waals surface area contributed by atoms with Gasteiger partial charge in [0.25, 0.3) is 0 Å². The highest BCUT2D eigenvalue weighted by Crippen LogP contribution is 2.44. The van der Waals surface area contributed by atoms with E-state index in [9.17, 15) is 0 Å². The summed E-state index contributed by atoms with van der Waals surface area (Å²) in [5.41, 5.74) is 4.56. The number of nitrogens with zero attached hydrogens (tertiary/aromatic N) is 2. The fourth-order valence-corrected chi connectivity index (χ4v) is 4.26. The first kappa shape index (κ1) is 21.0. The normalized spacial score (nSPS) is 17.5. The summed E-state index contributed by atoms with van der Waals surface area (Å²) in [6, 6.07) is 21.9. The van der Waals surface area contributed by atoms with Crippen molar-refractivity contribution < 1.29 is 9.47 Å². The van der Waals surface area contributed by atoms with E-state index in [1.54, 1.807) is 7.11 Å². The van der Waals surface area contributed by atoms with Crippen LogP contribution in [0.3, 0.4) is 0 Å². The molecule has 0 aliphatic carbocycles. The zero-order valence-electron chi connectivity index (χ0n) is 18.9. The van der Waals surface area contributed by atoms with Gasteiger partial charge in [0.05, 0.1) is 12.8 Å². The Hall–Kier alpha value is -3.27. The largest absolute Gasteiger partial charge is 0.496 e. The maximum absolute atomic E-state index is 5.86. The van der Waals surface area contributed by atoms with E-state index in [4.69, 9.17) is 9.47 Å². The van der Waals surface area contributed by atoms with Crippen LogP contribution in [0.4, 0.5) is 11.4 Å². The van der Waals surface area contributed by atoms with Crippen LogP contribution in [0, 0.1) is 0 Å². The highest BCUT2D eigenvalue weighted by Gasteiger charge is 2.34. The molecule has 160 valence electrons. The summed E-state index contributed by atoms with van der Waals surface area (Å²) in [6.07, 6.45) is 3.00. The third-order valence-corrected chi connectivity index (χ3v) is 6.15. The zero-order valence-corrected chi connectivity index (χ0v) is 18.9. The molecule has 0 saturated carbocycles. The number of rotatable bonds is 5. The summed E-state index contributed by atoms with van der Waals surface area (Å²) in [5.74, 6) is 2.92. The van der Waals surface area contributed by atoms with E-state index >= 15 is 0 Å². The molecule has 0 amide bonds. The zero-order chi connectivity index (χ0) is 22.0. The molecule has 3 aromatic rings. The molecule has 0 saturated heterocycles. The van der Waals surface area contributed by atoms with Crippen molar-refractivity contribution in [2.45, 2.75) is 38.6 Å². The molecule has 4 heteroatoms. The molecule has 4 rings (SSSR count). The number of aliphatic imine (C=N–C) groups is 1. The first-order chi connectivity index (χ1) is 14.9. The topological polar surface area (TPSA) is 34.1 Å². The summed E-state index contributed by atoms with van der Waals surface area (Å²) < 4.78 is 11.6. The van der Waals surface area contributed by atoms with E-state index in [0.717, 1.165) is 34.9 Å². The van der Waals surface area contributed by atoms with Gasteiger partial charge in [-0.2, -0.15) is 0 Å². The van der Waals surface area contributed by atoms with E-state index < -0.39 is 0 Å². The molecule has 4 nitrogen and oxygen atoms in total. The number of methoxy groups -OCH3 is 1. The van der Waals surface area contributed by atoms with Gasteiger partial charge in [-0.25, -0.2) is 0 Å². The molecule has 0 radical (unpaired) electrons. The van der Waals surface area contributed by atoms with Crippen LogP contribution >= 0.6 is 0 Å². The van der Waals surface area contributed by atoms with Crippen molar-refractivity contribution in [1.82, 2.24) is 0 Å². The third-order valence-electron chi connectivity index (χ3n) is 6.15. The molecule has 1 aliphatic heterocycles. The molecule has 1 aliphatic rings. The van der Waals surface area contributed by atoms with Gasteiger partial charge in [0.15, 0.2) is 0 Å². The van der Waals surface area contributed by atoms with Crippen molar-refractivity contribution in [2.75, 3.05) is 19.1 Å². The average molecular weight is 415 g/mol. The molecule has 31 heavy (non-hydrogen) atoms. The van der Waals surface area contributed by atoms with Crippen LogP contribution in [-0.2, 0) is 0 Å². The Morgan fingerprint density at radius 3 is 2.35 bits per heavy atom. The van der Waals surface area contributed by atoms with Gasteiger partial charge in [-0.1, -0.05) is 25.1 Å². The standard InChI is InChI=1S/C27H30N2O2/c1-19-17-27(2,3)29(4)25-16-26(30-5)20(15-24(19)25)18-28-21-11-13-23(14-12-21)31-22-9-7-6-8-10-22/h6-16,18-19H,17H2,1-5H3. The van der Waals surface area contributed by atoms with Gasteiger partial charge in [0, 0.05) is 36.1 Å². The lowest BCUT2D eigenvalue weighted by molar-refractivity contribution is 0.389. The minimum Gasteiger partial charge on any atom is -0.496 e. The predicted octanol–water partition coefficient (Wildman–Crippen LogP) is 6.96. The Kier molecular flexibility index (Phi) is 5.73. The monoisotopic (exact) mass is 414 g/mol. The molecule has 1 atom stereocenters. The summed E-state index contributed by atoms with van der Waals surface area (Å²) >= 11 is 0. The highest BCUT2D eigenvalue weighted by atomic mass is 16.5. The molecule has 0 fully saturated rings. The first-order valence-electron chi connectivity index (χ1n) is 10.7. The summed E-state index contributed by atoms with van der Waals surface area (Å²) in [7, 11) is 3.88. The molecule has 0 spiro atoms. The molecule has 1 heterocycles. The number of para-hydroxylation sites is 1. The Balaban J connectivity index is 1.57. The Morgan fingerprint density at radius 2 is 1.68 bits per heavy atom. The van der Waals surface area contributed by atoms with Crippen LogP contribution in [0.15, 0.2) is 71.7 Å². The minimum absolute atomic E-state index is 0.122. The van der Waals surface area contributed by atoms with E-state index in [1.165, 1.54) is 11.3 Å². The Morgan fingerprint density at radius 1 is 1.00 bits per heavy atom. The molecule has 3 aromatic carbocycles. The van der Waals surface area contributed by atoms with E-state index in [1.807, 2.05) is 60.8 Å². The highest BCUT2D eigenvalue weighted by molar-refractivity contribution is 5.87. The number of fused-ring (bicyclic) bond motifs is 1. The van der Waals surface area contributed by atoms with Crippen molar-refractivity contribution >= 4 is 17.6 Å². The fourth-order valence-electron chi connectivity index (χ4n) is 4.26. The lowest BCUT2D eigenvalue weighted by Crippen LogP contribution is -2.45. The SMILES string of the molecule is COc1cc2c(cc1C=Nc1ccc(Oc3ccccc3)cc1)C(C)CC(C)(C)N2C.